The highest BCUT2D eigenvalue weighted by Crippen LogP contribution is 2.21. The van der Waals surface area contributed by atoms with Crippen LogP contribution in [0.25, 0.3) is 0 Å². The predicted molar refractivity (Wildman–Crippen MR) is 110 cm³/mol. The van der Waals surface area contributed by atoms with Crippen molar-refractivity contribution in [2.45, 2.75) is 38.0 Å². The van der Waals surface area contributed by atoms with Crippen molar-refractivity contribution in [2.24, 2.45) is 0 Å². The van der Waals surface area contributed by atoms with Gasteiger partial charge in [0.2, 0.25) is 5.91 Å². The molecule has 1 heterocycles. The quantitative estimate of drug-likeness (QED) is 0.558. The van der Waals surface area contributed by atoms with Crippen molar-refractivity contribution in [3.05, 3.63) is 71.8 Å². The van der Waals surface area contributed by atoms with Gasteiger partial charge >= 0.3 is 12.1 Å². The Morgan fingerprint density at radius 1 is 1.03 bits per heavy atom. The Bertz CT molecular complexity index is 856. The highest BCUT2D eigenvalue weighted by Gasteiger charge is 2.38. The normalized spacial score (nSPS) is 16.7. The summed E-state index contributed by atoms with van der Waals surface area (Å²) >= 11 is 0. The zero-order valence-electron chi connectivity index (χ0n) is 17.0. The molecule has 0 bridgehead atoms. The zero-order chi connectivity index (χ0) is 21.3. The number of carbonyl (C=O) groups is 3. The number of hydrogen-bond donors (Lipinski definition) is 1. The van der Waals surface area contributed by atoms with Crippen LogP contribution in [0.4, 0.5) is 4.79 Å². The van der Waals surface area contributed by atoms with E-state index in [4.69, 9.17) is 9.47 Å². The lowest BCUT2D eigenvalue weighted by atomic mass is 10.0. The number of likely N-dealkylation sites (N-methyl/N-ethyl adjacent to an activating group) is 1. The molecule has 1 N–H and O–H groups in total. The van der Waals surface area contributed by atoms with E-state index in [0.29, 0.717) is 25.8 Å². The van der Waals surface area contributed by atoms with Crippen molar-refractivity contribution >= 4 is 18.0 Å². The lowest BCUT2D eigenvalue weighted by molar-refractivity contribution is -0.151. The molecule has 3 rings (SSSR count). The van der Waals surface area contributed by atoms with Crippen molar-refractivity contribution in [2.75, 3.05) is 13.6 Å². The summed E-state index contributed by atoms with van der Waals surface area (Å²) in [4.78, 5) is 39.0. The summed E-state index contributed by atoms with van der Waals surface area (Å²) in [6.07, 6.45) is 0.579. The van der Waals surface area contributed by atoms with E-state index in [1.54, 1.807) is 19.2 Å². The molecule has 7 nitrogen and oxygen atoms in total. The summed E-state index contributed by atoms with van der Waals surface area (Å²) in [5.41, 5.74) is 1.81. The second-order valence-electron chi connectivity index (χ2n) is 7.17. The molecule has 7 heteroatoms. The average Bonchev–Trinajstić information content (AvgIpc) is 3.27. The van der Waals surface area contributed by atoms with Crippen LogP contribution in [0, 0.1) is 0 Å². The third-order valence-electron chi connectivity index (χ3n) is 5.12. The molecular weight excluding hydrogens is 384 g/mol. The number of ether oxygens (including phenoxy) is 2. The summed E-state index contributed by atoms with van der Waals surface area (Å²) < 4.78 is 9.86. The van der Waals surface area contributed by atoms with E-state index in [9.17, 15) is 14.4 Å². The first kappa shape index (κ1) is 21.5. The minimum absolute atomic E-state index is 0.0131. The van der Waals surface area contributed by atoms with E-state index in [1.807, 2.05) is 48.5 Å². The maximum atomic E-state index is 13.0. The molecule has 1 saturated heterocycles. The number of amides is 1. The van der Waals surface area contributed by atoms with Gasteiger partial charge in [-0.1, -0.05) is 60.7 Å². The van der Waals surface area contributed by atoms with Gasteiger partial charge < -0.3 is 19.7 Å². The van der Waals surface area contributed by atoms with Gasteiger partial charge in [0.05, 0.1) is 6.04 Å². The highest BCUT2D eigenvalue weighted by atomic mass is 16.7. The Morgan fingerprint density at radius 2 is 1.67 bits per heavy atom. The summed E-state index contributed by atoms with van der Waals surface area (Å²) in [5.74, 6) is -0.938. The van der Waals surface area contributed by atoms with Gasteiger partial charge in [0.15, 0.2) is 0 Å². The molecule has 0 saturated carbocycles. The van der Waals surface area contributed by atoms with Gasteiger partial charge in [0, 0.05) is 6.54 Å². The van der Waals surface area contributed by atoms with E-state index < -0.39 is 24.2 Å². The van der Waals surface area contributed by atoms with Gasteiger partial charge in [-0.25, -0.2) is 9.59 Å². The predicted octanol–water partition coefficient (Wildman–Crippen LogP) is 2.69. The number of rotatable bonds is 7. The van der Waals surface area contributed by atoms with Gasteiger partial charge in [0.1, 0.15) is 12.6 Å². The number of benzene rings is 2. The monoisotopic (exact) mass is 410 g/mol. The van der Waals surface area contributed by atoms with Crippen molar-refractivity contribution in [1.82, 2.24) is 10.2 Å². The van der Waals surface area contributed by atoms with E-state index in [1.165, 1.54) is 4.90 Å². The summed E-state index contributed by atoms with van der Waals surface area (Å²) in [6.45, 7) is 0.462. The number of likely N-dealkylation sites (tertiary alicyclic amines) is 1. The minimum Gasteiger partial charge on any atom is -0.429 e. The average molecular weight is 410 g/mol. The Balaban J connectivity index is 1.56. The van der Waals surface area contributed by atoms with Crippen LogP contribution in [0.2, 0.25) is 0 Å². The SMILES string of the molecule is CN[C@H](Cc1ccccc1)C(=O)N1CCC[C@H]1C(=O)OC(=O)OCc1ccccc1. The third-order valence-corrected chi connectivity index (χ3v) is 5.12. The molecule has 2 aromatic carbocycles. The molecule has 0 radical (unpaired) electrons. The third kappa shape index (κ3) is 5.67. The summed E-state index contributed by atoms with van der Waals surface area (Å²) in [5, 5.41) is 3.03. The maximum absolute atomic E-state index is 13.0. The maximum Gasteiger partial charge on any atom is 0.516 e. The first-order chi connectivity index (χ1) is 14.6. The smallest absolute Gasteiger partial charge is 0.429 e. The number of carbonyl (C=O) groups excluding carboxylic acids is 3. The van der Waals surface area contributed by atoms with Gasteiger partial charge in [-0.05, 0) is 37.4 Å². The lowest BCUT2D eigenvalue weighted by Crippen LogP contribution is -2.50. The van der Waals surface area contributed by atoms with Crippen molar-refractivity contribution < 1.29 is 23.9 Å². The van der Waals surface area contributed by atoms with E-state index >= 15 is 0 Å². The van der Waals surface area contributed by atoms with E-state index in [2.05, 4.69) is 5.32 Å². The molecular formula is C23H26N2O5. The molecule has 2 atom stereocenters. The van der Waals surface area contributed by atoms with Crippen LogP contribution < -0.4 is 5.32 Å². The van der Waals surface area contributed by atoms with Crippen molar-refractivity contribution in [3.8, 4) is 0 Å². The molecule has 0 aliphatic carbocycles. The fraction of sp³-hybridized carbons (Fsp3) is 0.348. The Morgan fingerprint density at radius 3 is 2.30 bits per heavy atom. The van der Waals surface area contributed by atoms with Crippen LogP contribution in [0.3, 0.4) is 0 Å². The van der Waals surface area contributed by atoms with E-state index in [-0.39, 0.29) is 12.5 Å². The molecule has 30 heavy (non-hydrogen) atoms. The van der Waals surface area contributed by atoms with Crippen LogP contribution >= 0.6 is 0 Å². The lowest BCUT2D eigenvalue weighted by Gasteiger charge is -2.27. The second kappa shape index (κ2) is 10.5. The van der Waals surface area contributed by atoms with Crippen LogP contribution in [-0.2, 0) is 32.1 Å². The Kier molecular flexibility index (Phi) is 7.57. The molecule has 2 aromatic rings. The standard InChI is InChI=1S/C23H26N2O5/c1-24-19(15-17-9-4-2-5-10-17)21(26)25-14-8-13-20(25)22(27)30-23(28)29-16-18-11-6-3-7-12-18/h2-7,9-12,19-20,24H,8,13-16H2,1H3/t19-,20+/m1/s1. The number of nitrogens with zero attached hydrogens (tertiary/aromatic N) is 1. The van der Waals surface area contributed by atoms with Gasteiger partial charge in [-0.15, -0.1) is 0 Å². The Hall–Kier alpha value is -3.19. The first-order valence-corrected chi connectivity index (χ1v) is 10.0. The number of hydrogen-bond acceptors (Lipinski definition) is 6. The van der Waals surface area contributed by atoms with Crippen molar-refractivity contribution in [3.63, 3.8) is 0 Å². The van der Waals surface area contributed by atoms with Crippen LogP contribution in [-0.4, -0.2) is 48.6 Å². The molecule has 0 unspecified atom stereocenters. The zero-order valence-corrected chi connectivity index (χ0v) is 17.0. The highest BCUT2D eigenvalue weighted by molar-refractivity contribution is 5.91. The molecule has 1 aliphatic heterocycles. The van der Waals surface area contributed by atoms with Crippen LogP contribution in [0.15, 0.2) is 60.7 Å². The fourth-order valence-electron chi connectivity index (χ4n) is 3.53. The molecule has 1 fully saturated rings. The largest absolute Gasteiger partial charge is 0.516 e. The molecule has 1 amide bonds. The molecule has 0 aromatic heterocycles. The number of esters is 1. The molecule has 158 valence electrons. The van der Waals surface area contributed by atoms with Crippen LogP contribution in [0.5, 0.6) is 0 Å². The summed E-state index contributed by atoms with van der Waals surface area (Å²) in [6, 6.07) is 17.5. The molecule has 0 spiro atoms. The second-order valence-corrected chi connectivity index (χ2v) is 7.17. The van der Waals surface area contributed by atoms with Crippen molar-refractivity contribution in [1.29, 1.82) is 0 Å². The van der Waals surface area contributed by atoms with Gasteiger partial charge in [-0.2, -0.15) is 0 Å². The Labute approximate surface area is 176 Å². The minimum atomic E-state index is -1.06. The van der Waals surface area contributed by atoms with Gasteiger partial charge in [0.25, 0.3) is 0 Å². The van der Waals surface area contributed by atoms with Gasteiger partial charge in [-0.3, -0.25) is 4.79 Å². The number of nitrogens with one attached hydrogen (secondary N) is 1. The fourth-order valence-corrected chi connectivity index (χ4v) is 3.53. The van der Waals surface area contributed by atoms with E-state index in [0.717, 1.165) is 11.1 Å². The molecule has 1 aliphatic rings. The van der Waals surface area contributed by atoms with Crippen LogP contribution in [0.1, 0.15) is 24.0 Å². The summed E-state index contributed by atoms with van der Waals surface area (Å²) in [7, 11) is 1.72. The topological polar surface area (TPSA) is 84.9 Å². The first-order valence-electron chi connectivity index (χ1n) is 10.0.